The number of thiazole rings is 1. The quantitative estimate of drug-likeness (QED) is 0.362. The second-order valence-electron chi connectivity index (χ2n) is 11.8. The molecule has 0 radical (unpaired) electrons. The highest BCUT2D eigenvalue weighted by Crippen LogP contribution is 2.36. The van der Waals surface area contributed by atoms with Crippen LogP contribution < -0.4 is 10.6 Å². The summed E-state index contributed by atoms with van der Waals surface area (Å²) in [5.74, 6) is 0.780. The van der Waals surface area contributed by atoms with E-state index in [0.717, 1.165) is 80.1 Å². The summed E-state index contributed by atoms with van der Waals surface area (Å²) in [5, 5.41) is 7.08. The molecule has 1 amide bonds. The minimum absolute atomic E-state index is 0.115. The predicted octanol–water partition coefficient (Wildman–Crippen LogP) is 4.52. The SMILES string of the molecule is CN1CCN(S(=O)(=O)c2ccc([C@@H](CC3CCCC3)C(=O)Nc3nc4ccc(NC5CCOCC5)nc4s3)cc2)CC1. The highest BCUT2D eigenvalue weighted by molar-refractivity contribution is 7.89. The van der Waals surface area contributed by atoms with E-state index in [1.165, 1.54) is 24.2 Å². The number of amides is 1. The first-order valence-electron chi connectivity index (χ1n) is 15.1. The average Bonchev–Trinajstić information content (AvgIpc) is 3.66. The van der Waals surface area contributed by atoms with Gasteiger partial charge in [0.25, 0.3) is 0 Å². The van der Waals surface area contributed by atoms with Gasteiger partial charge in [0.2, 0.25) is 15.9 Å². The van der Waals surface area contributed by atoms with Gasteiger partial charge in [-0.05, 0) is 62.1 Å². The van der Waals surface area contributed by atoms with Crippen LogP contribution in [0.1, 0.15) is 56.4 Å². The van der Waals surface area contributed by atoms with Crippen molar-refractivity contribution in [2.24, 2.45) is 5.92 Å². The van der Waals surface area contributed by atoms with Crippen molar-refractivity contribution in [3.63, 3.8) is 0 Å². The lowest BCUT2D eigenvalue weighted by atomic mass is 9.87. The molecule has 2 aliphatic heterocycles. The van der Waals surface area contributed by atoms with Crippen LogP contribution in [-0.4, -0.2) is 86.0 Å². The largest absolute Gasteiger partial charge is 0.381 e. The highest BCUT2D eigenvalue weighted by atomic mass is 32.2. The molecule has 1 aromatic carbocycles. The van der Waals surface area contributed by atoms with Crippen molar-refractivity contribution in [1.82, 2.24) is 19.2 Å². The topological polar surface area (TPSA) is 117 Å². The third-order valence-electron chi connectivity index (χ3n) is 8.80. The Morgan fingerprint density at radius 3 is 2.43 bits per heavy atom. The molecule has 226 valence electrons. The molecule has 0 bridgehead atoms. The summed E-state index contributed by atoms with van der Waals surface area (Å²) in [7, 11) is -1.57. The smallest absolute Gasteiger partial charge is 0.243 e. The van der Waals surface area contributed by atoms with Crippen LogP contribution in [0.15, 0.2) is 41.3 Å². The van der Waals surface area contributed by atoms with E-state index >= 15 is 0 Å². The lowest BCUT2D eigenvalue weighted by molar-refractivity contribution is -0.118. The zero-order valence-electron chi connectivity index (χ0n) is 24.1. The molecule has 2 N–H and O–H groups in total. The van der Waals surface area contributed by atoms with Gasteiger partial charge in [0.05, 0.1) is 10.8 Å². The number of hydrogen-bond donors (Lipinski definition) is 2. The van der Waals surface area contributed by atoms with Crippen LogP contribution in [0.25, 0.3) is 10.3 Å². The van der Waals surface area contributed by atoms with Crippen molar-refractivity contribution < 1.29 is 17.9 Å². The molecular weight excluding hydrogens is 573 g/mol. The number of rotatable bonds is 9. The number of piperazine rings is 1. The van der Waals surface area contributed by atoms with Gasteiger partial charge >= 0.3 is 0 Å². The number of likely N-dealkylation sites (N-methyl/N-ethyl adjacent to an activating group) is 1. The summed E-state index contributed by atoms with van der Waals surface area (Å²) < 4.78 is 33.5. The van der Waals surface area contributed by atoms with Crippen molar-refractivity contribution >= 4 is 48.6 Å². The van der Waals surface area contributed by atoms with E-state index in [1.54, 1.807) is 16.4 Å². The second kappa shape index (κ2) is 12.9. The first-order chi connectivity index (χ1) is 20.3. The van der Waals surface area contributed by atoms with Gasteiger partial charge in [-0.25, -0.2) is 18.4 Å². The van der Waals surface area contributed by atoms with Crippen LogP contribution in [-0.2, 0) is 19.6 Å². The van der Waals surface area contributed by atoms with Crippen molar-refractivity contribution in [2.45, 2.75) is 61.8 Å². The number of benzene rings is 1. The Bertz CT molecular complexity index is 1480. The number of nitrogens with one attached hydrogen (secondary N) is 2. The molecule has 1 saturated carbocycles. The number of ether oxygens (including phenoxy) is 1. The number of sulfonamides is 1. The molecule has 12 heteroatoms. The van der Waals surface area contributed by atoms with E-state index < -0.39 is 10.0 Å². The van der Waals surface area contributed by atoms with Crippen LogP contribution in [0, 0.1) is 5.92 Å². The lowest BCUT2D eigenvalue weighted by Crippen LogP contribution is -2.47. The molecule has 1 aliphatic carbocycles. The van der Waals surface area contributed by atoms with Gasteiger partial charge in [-0.3, -0.25) is 4.79 Å². The molecule has 3 aromatic rings. The Labute approximate surface area is 251 Å². The molecule has 3 aliphatic rings. The summed E-state index contributed by atoms with van der Waals surface area (Å²) in [6.45, 7) is 3.92. The predicted molar refractivity (Wildman–Crippen MR) is 166 cm³/mol. The number of anilines is 2. The molecule has 1 atom stereocenters. The number of pyridine rings is 1. The third kappa shape index (κ3) is 6.78. The minimum atomic E-state index is -3.57. The van der Waals surface area contributed by atoms with Gasteiger partial charge in [0, 0.05) is 45.4 Å². The standard InChI is InChI=1S/C30H40N6O4S2/c1-35-14-16-36(17-15-35)42(38,39)24-8-6-22(7-9-24)25(20-21-4-2-3-5-21)28(37)34-30-32-26-10-11-27(33-29(26)41-30)31-23-12-18-40-19-13-23/h6-11,21,23,25H,2-5,12-20H2,1H3,(H,31,33)(H,32,34,37)/t25-/m1/s1. The summed E-state index contributed by atoms with van der Waals surface area (Å²) >= 11 is 1.37. The van der Waals surface area contributed by atoms with Gasteiger partial charge in [-0.2, -0.15) is 4.31 Å². The molecule has 2 aromatic heterocycles. The molecule has 4 heterocycles. The van der Waals surface area contributed by atoms with Crippen LogP contribution in [0.4, 0.5) is 10.9 Å². The van der Waals surface area contributed by atoms with E-state index in [2.05, 4.69) is 20.5 Å². The molecule has 0 unspecified atom stereocenters. The summed E-state index contributed by atoms with van der Waals surface area (Å²) in [6.07, 6.45) is 7.26. The number of fused-ring (bicyclic) bond motifs is 1. The fourth-order valence-corrected chi connectivity index (χ4v) is 8.48. The Hall–Kier alpha value is -2.64. The molecular formula is C30H40N6O4S2. The van der Waals surface area contributed by atoms with E-state index in [-0.39, 0.29) is 16.7 Å². The highest BCUT2D eigenvalue weighted by Gasteiger charge is 2.30. The molecule has 42 heavy (non-hydrogen) atoms. The van der Waals surface area contributed by atoms with Crippen LogP contribution in [0.2, 0.25) is 0 Å². The Morgan fingerprint density at radius 1 is 1.00 bits per heavy atom. The Morgan fingerprint density at radius 2 is 1.71 bits per heavy atom. The van der Waals surface area contributed by atoms with Crippen LogP contribution in [0.5, 0.6) is 0 Å². The summed E-state index contributed by atoms with van der Waals surface area (Å²) in [5.41, 5.74) is 1.58. The minimum Gasteiger partial charge on any atom is -0.381 e. The van der Waals surface area contributed by atoms with E-state index in [9.17, 15) is 13.2 Å². The van der Waals surface area contributed by atoms with Gasteiger partial charge in [0.1, 0.15) is 16.2 Å². The van der Waals surface area contributed by atoms with Gasteiger partial charge in [-0.1, -0.05) is 49.2 Å². The van der Waals surface area contributed by atoms with Gasteiger partial charge in [-0.15, -0.1) is 0 Å². The summed E-state index contributed by atoms with van der Waals surface area (Å²) in [6, 6.07) is 11.2. The maximum Gasteiger partial charge on any atom is 0.243 e. The number of hydrogen-bond acceptors (Lipinski definition) is 9. The number of carbonyl (C=O) groups is 1. The monoisotopic (exact) mass is 612 g/mol. The molecule has 6 rings (SSSR count). The van der Waals surface area contributed by atoms with Gasteiger partial charge in [0.15, 0.2) is 5.13 Å². The Kier molecular flexibility index (Phi) is 9.06. The maximum atomic E-state index is 13.7. The number of carbonyl (C=O) groups excluding carboxylic acids is 1. The van der Waals surface area contributed by atoms with Crippen molar-refractivity contribution in [3.8, 4) is 0 Å². The normalized spacial score (nSPS) is 20.6. The van der Waals surface area contributed by atoms with Gasteiger partial charge < -0.3 is 20.3 Å². The maximum absolute atomic E-state index is 13.7. The van der Waals surface area contributed by atoms with E-state index in [4.69, 9.17) is 9.72 Å². The third-order valence-corrected chi connectivity index (χ3v) is 11.6. The Balaban J connectivity index is 1.18. The van der Waals surface area contributed by atoms with E-state index in [1.807, 2.05) is 31.3 Å². The van der Waals surface area contributed by atoms with E-state index in [0.29, 0.717) is 30.2 Å². The summed E-state index contributed by atoms with van der Waals surface area (Å²) in [4.78, 5) is 26.3. The van der Waals surface area contributed by atoms with Crippen molar-refractivity contribution in [3.05, 3.63) is 42.0 Å². The van der Waals surface area contributed by atoms with Crippen LogP contribution >= 0.6 is 11.3 Å². The number of aromatic nitrogens is 2. The van der Waals surface area contributed by atoms with Crippen molar-refractivity contribution in [1.29, 1.82) is 0 Å². The molecule has 3 fully saturated rings. The molecule has 2 saturated heterocycles. The first-order valence-corrected chi connectivity index (χ1v) is 17.3. The molecule has 0 spiro atoms. The number of nitrogens with zero attached hydrogens (tertiary/aromatic N) is 4. The van der Waals surface area contributed by atoms with Crippen LogP contribution in [0.3, 0.4) is 0 Å². The fourth-order valence-electron chi connectivity index (χ4n) is 6.22. The lowest BCUT2D eigenvalue weighted by Gasteiger charge is -2.31. The first kappa shape index (κ1) is 29.4. The molecule has 10 nitrogen and oxygen atoms in total. The fraction of sp³-hybridized carbons (Fsp3) is 0.567. The average molecular weight is 613 g/mol. The second-order valence-corrected chi connectivity index (χ2v) is 14.7. The van der Waals surface area contributed by atoms with Crippen molar-refractivity contribution in [2.75, 3.05) is 57.1 Å². The zero-order chi connectivity index (χ0) is 29.1. The zero-order valence-corrected chi connectivity index (χ0v) is 25.8.